The fourth-order valence-corrected chi connectivity index (χ4v) is 2.40. The molecule has 0 unspecified atom stereocenters. The van der Waals surface area contributed by atoms with Gasteiger partial charge in [0.1, 0.15) is 29.0 Å². The van der Waals surface area contributed by atoms with Crippen LogP contribution >= 0.6 is 0 Å². The maximum atomic E-state index is 13.7. The summed E-state index contributed by atoms with van der Waals surface area (Å²) in [5, 5.41) is 2.40. The van der Waals surface area contributed by atoms with Gasteiger partial charge in [-0.05, 0) is 31.2 Å². The Balaban J connectivity index is 1.88. The van der Waals surface area contributed by atoms with Crippen molar-refractivity contribution in [2.24, 2.45) is 0 Å². The highest BCUT2D eigenvalue weighted by Gasteiger charge is 2.15. The minimum Gasteiger partial charge on any atom is -0.329 e. The van der Waals surface area contributed by atoms with Gasteiger partial charge < -0.3 is 10.2 Å². The average Bonchev–Trinajstić information content (AvgIpc) is 2.63. The molecule has 1 amide bonds. The second-order valence-corrected chi connectivity index (χ2v) is 5.63. The highest BCUT2D eigenvalue weighted by molar-refractivity contribution is 6.03. The van der Waals surface area contributed by atoms with Crippen molar-refractivity contribution < 1.29 is 13.6 Å². The van der Waals surface area contributed by atoms with E-state index in [2.05, 4.69) is 15.3 Å². The van der Waals surface area contributed by atoms with Gasteiger partial charge in [0.2, 0.25) is 0 Å². The Hall–Kier alpha value is -3.35. The molecule has 7 heteroatoms. The summed E-state index contributed by atoms with van der Waals surface area (Å²) in [6.45, 7) is 1.66. The third-order valence-electron chi connectivity index (χ3n) is 3.72. The van der Waals surface area contributed by atoms with E-state index in [0.717, 1.165) is 17.8 Å². The number of amides is 1. The highest BCUT2D eigenvalue weighted by atomic mass is 19.1. The molecule has 3 aromatic rings. The molecule has 0 spiro atoms. The van der Waals surface area contributed by atoms with Crippen molar-refractivity contribution in [3.8, 4) is 0 Å². The molecule has 0 bridgehead atoms. The quantitative estimate of drug-likeness (QED) is 0.767. The van der Waals surface area contributed by atoms with E-state index in [1.807, 2.05) is 42.3 Å². The summed E-state index contributed by atoms with van der Waals surface area (Å²) in [6.07, 6.45) is 0. The Morgan fingerprint density at radius 3 is 2.46 bits per heavy atom. The molecule has 0 radical (unpaired) electrons. The van der Waals surface area contributed by atoms with E-state index < -0.39 is 17.5 Å². The van der Waals surface area contributed by atoms with Crippen molar-refractivity contribution >= 4 is 23.1 Å². The van der Waals surface area contributed by atoms with Crippen LogP contribution in [0.1, 0.15) is 16.3 Å². The smallest absolute Gasteiger partial charge is 0.274 e. The average molecular weight is 354 g/mol. The van der Waals surface area contributed by atoms with Crippen LogP contribution in [0.4, 0.5) is 26.0 Å². The van der Waals surface area contributed by atoms with Crippen molar-refractivity contribution in [2.75, 3.05) is 17.3 Å². The zero-order valence-corrected chi connectivity index (χ0v) is 14.2. The molecule has 2 aromatic carbocycles. The molecule has 3 rings (SSSR count). The second kappa shape index (κ2) is 7.26. The van der Waals surface area contributed by atoms with E-state index >= 15 is 0 Å². The molecule has 1 N–H and O–H groups in total. The van der Waals surface area contributed by atoms with E-state index in [4.69, 9.17) is 0 Å². The molecule has 0 saturated carbocycles. The lowest BCUT2D eigenvalue weighted by Crippen LogP contribution is -2.18. The monoisotopic (exact) mass is 354 g/mol. The predicted octanol–water partition coefficient (Wildman–Crippen LogP) is 4.08. The summed E-state index contributed by atoms with van der Waals surface area (Å²) < 4.78 is 26.7. The van der Waals surface area contributed by atoms with Crippen LogP contribution < -0.4 is 10.2 Å². The molecule has 5 nitrogen and oxygen atoms in total. The number of anilines is 3. The summed E-state index contributed by atoms with van der Waals surface area (Å²) in [7, 11) is 1.82. The maximum absolute atomic E-state index is 13.7. The number of rotatable bonds is 4. The van der Waals surface area contributed by atoms with Crippen LogP contribution in [0.3, 0.4) is 0 Å². The van der Waals surface area contributed by atoms with E-state index in [-0.39, 0.29) is 11.4 Å². The fraction of sp³-hybridized carbons (Fsp3) is 0.105. The molecule has 0 aliphatic heterocycles. The lowest BCUT2D eigenvalue weighted by Gasteiger charge is -2.19. The topological polar surface area (TPSA) is 58.1 Å². The van der Waals surface area contributed by atoms with Crippen molar-refractivity contribution in [1.82, 2.24) is 9.97 Å². The largest absolute Gasteiger partial charge is 0.329 e. The molecular weight excluding hydrogens is 338 g/mol. The summed E-state index contributed by atoms with van der Waals surface area (Å²) in [5.74, 6) is -1.26. The molecule has 132 valence electrons. The molecule has 0 saturated heterocycles. The molecule has 0 aliphatic carbocycles. The minimum atomic E-state index is -0.856. The number of aryl methyl sites for hydroxylation is 1. The molecule has 0 aliphatic rings. The van der Waals surface area contributed by atoms with Crippen molar-refractivity contribution in [2.45, 2.75) is 6.92 Å². The number of hydrogen-bond donors (Lipinski definition) is 1. The van der Waals surface area contributed by atoms with Crippen LogP contribution in [0.15, 0.2) is 54.6 Å². The van der Waals surface area contributed by atoms with Gasteiger partial charge in [0.05, 0.1) is 5.69 Å². The second-order valence-electron chi connectivity index (χ2n) is 5.63. The number of nitrogens with one attached hydrogen (secondary N) is 1. The summed E-state index contributed by atoms with van der Waals surface area (Å²) in [6, 6.07) is 13.9. The Kier molecular flexibility index (Phi) is 4.88. The molecule has 1 heterocycles. The van der Waals surface area contributed by atoms with Crippen LogP contribution in [-0.4, -0.2) is 22.9 Å². The molecule has 0 fully saturated rings. The predicted molar refractivity (Wildman–Crippen MR) is 95.6 cm³/mol. The third kappa shape index (κ3) is 3.83. The Bertz CT molecular complexity index is 948. The van der Waals surface area contributed by atoms with Gasteiger partial charge in [0.15, 0.2) is 0 Å². The van der Waals surface area contributed by atoms with E-state index in [9.17, 15) is 13.6 Å². The van der Waals surface area contributed by atoms with Gasteiger partial charge in [-0.2, -0.15) is 0 Å². The van der Waals surface area contributed by atoms with Gasteiger partial charge in [0, 0.05) is 24.9 Å². The number of carbonyl (C=O) groups is 1. The summed E-state index contributed by atoms with van der Waals surface area (Å²) >= 11 is 0. The minimum absolute atomic E-state index is 0.0824. The maximum Gasteiger partial charge on any atom is 0.274 e. The van der Waals surface area contributed by atoms with Gasteiger partial charge in [-0.3, -0.25) is 4.79 Å². The molecule has 26 heavy (non-hydrogen) atoms. The van der Waals surface area contributed by atoms with Crippen molar-refractivity contribution in [3.05, 3.63) is 77.8 Å². The van der Waals surface area contributed by atoms with Crippen LogP contribution in [-0.2, 0) is 0 Å². The van der Waals surface area contributed by atoms with Gasteiger partial charge >= 0.3 is 0 Å². The third-order valence-corrected chi connectivity index (χ3v) is 3.72. The lowest BCUT2D eigenvalue weighted by atomic mass is 10.2. The number of hydrogen-bond acceptors (Lipinski definition) is 4. The Morgan fingerprint density at radius 2 is 1.77 bits per heavy atom. The number of para-hydroxylation sites is 1. The number of carbonyl (C=O) groups excluding carboxylic acids is 1. The summed E-state index contributed by atoms with van der Waals surface area (Å²) in [5.41, 5.74) is 0.853. The molecular formula is C19H16F2N4O. The Morgan fingerprint density at radius 1 is 1.04 bits per heavy atom. The Labute approximate surface area is 149 Å². The number of nitrogens with zero attached hydrogens (tertiary/aromatic N) is 3. The zero-order valence-electron chi connectivity index (χ0n) is 14.2. The van der Waals surface area contributed by atoms with E-state index in [1.165, 1.54) is 6.07 Å². The first-order chi connectivity index (χ1) is 12.4. The van der Waals surface area contributed by atoms with E-state index in [0.29, 0.717) is 17.7 Å². The van der Waals surface area contributed by atoms with Gasteiger partial charge in [0.25, 0.3) is 5.91 Å². The van der Waals surface area contributed by atoms with Crippen LogP contribution in [0.5, 0.6) is 0 Å². The van der Waals surface area contributed by atoms with Crippen LogP contribution in [0.25, 0.3) is 0 Å². The zero-order chi connectivity index (χ0) is 18.7. The van der Waals surface area contributed by atoms with Gasteiger partial charge in [-0.1, -0.05) is 18.2 Å². The highest BCUT2D eigenvalue weighted by Crippen LogP contribution is 2.22. The molecule has 1 aromatic heterocycles. The van der Waals surface area contributed by atoms with Gasteiger partial charge in [-0.25, -0.2) is 18.7 Å². The molecule has 0 atom stereocenters. The van der Waals surface area contributed by atoms with Crippen molar-refractivity contribution in [3.63, 3.8) is 0 Å². The fourth-order valence-electron chi connectivity index (χ4n) is 2.40. The van der Waals surface area contributed by atoms with Gasteiger partial charge in [-0.15, -0.1) is 0 Å². The SMILES string of the molecule is Cc1nc(C(=O)Nc2ccc(F)cc2F)cc(N(C)c2ccccc2)n1. The number of halogens is 2. The first-order valence-electron chi connectivity index (χ1n) is 7.85. The van der Waals surface area contributed by atoms with Crippen LogP contribution in [0, 0.1) is 18.6 Å². The van der Waals surface area contributed by atoms with Crippen LogP contribution in [0.2, 0.25) is 0 Å². The normalized spacial score (nSPS) is 10.5. The summed E-state index contributed by atoms with van der Waals surface area (Å²) in [4.78, 5) is 22.7. The first kappa shape index (κ1) is 17.5. The number of benzene rings is 2. The van der Waals surface area contributed by atoms with Crippen molar-refractivity contribution in [1.29, 1.82) is 0 Å². The first-order valence-corrected chi connectivity index (χ1v) is 7.85. The standard InChI is InChI=1S/C19H16F2N4O/c1-12-22-17(19(26)24-16-9-8-13(20)10-15(16)21)11-18(23-12)25(2)14-6-4-3-5-7-14/h3-11H,1-2H3,(H,24,26). The van der Waals surface area contributed by atoms with E-state index in [1.54, 1.807) is 6.92 Å². The lowest BCUT2D eigenvalue weighted by molar-refractivity contribution is 0.102. The number of aromatic nitrogens is 2.